The summed E-state index contributed by atoms with van der Waals surface area (Å²) in [6, 6.07) is 0. The lowest BCUT2D eigenvalue weighted by Gasteiger charge is -2.36. The van der Waals surface area contributed by atoms with Crippen molar-refractivity contribution in [3.05, 3.63) is 17.2 Å². The largest absolute Gasteiger partial charge is 0.409 e. The van der Waals surface area contributed by atoms with Gasteiger partial charge in [-0.15, -0.1) is 0 Å². The summed E-state index contributed by atoms with van der Waals surface area (Å²) in [6.07, 6.45) is 3.65. The van der Waals surface area contributed by atoms with Crippen molar-refractivity contribution in [2.75, 3.05) is 0 Å². The van der Waals surface area contributed by atoms with Crippen LogP contribution in [-0.2, 0) is 24.0 Å². The number of Topliss-reactive ketones (excluding diaryl/α,β-unsaturated/α-hetero) is 1. The molecule has 0 fully saturated rings. The second-order valence-corrected chi connectivity index (χ2v) is 12.6. The van der Waals surface area contributed by atoms with E-state index < -0.39 is 8.32 Å². The Labute approximate surface area is 135 Å². The molecule has 0 aromatic carbocycles. The highest BCUT2D eigenvalue weighted by Crippen LogP contribution is 2.37. The van der Waals surface area contributed by atoms with Crippen molar-refractivity contribution >= 4 is 14.1 Å². The number of nitrogens with zero attached hydrogens (tertiary/aromatic N) is 2. The van der Waals surface area contributed by atoms with Gasteiger partial charge in [0.05, 0.1) is 6.61 Å². The van der Waals surface area contributed by atoms with Gasteiger partial charge in [0.15, 0.2) is 14.1 Å². The molecule has 0 radical (unpaired) electrons. The van der Waals surface area contributed by atoms with Crippen LogP contribution in [-0.4, -0.2) is 23.7 Å². The van der Waals surface area contributed by atoms with Crippen molar-refractivity contribution in [1.29, 1.82) is 0 Å². The Morgan fingerprint density at radius 1 is 1.23 bits per heavy atom. The van der Waals surface area contributed by atoms with Crippen LogP contribution in [0, 0.1) is 0 Å². The average Bonchev–Trinajstić information content (AvgIpc) is 2.68. The molecule has 1 aliphatic carbocycles. The van der Waals surface area contributed by atoms with E-state index in [1.807, 2.05) is 0 Å². The van der Waals surface area contributed by atoms with Crippen LogP contribution in [0.4, 0.5) is 0 Å². The van der Waals surface area contributed by atoms with Crippen LogP contribution >= 0.6 is 0 Å². The molecule has 124 valence electrons. The van der Waals surface area contributed by atoms with Crippen LogP contribution < -0.4 is 0 Å². The zero-order valence-electron chi connectivity index (χ0n) is 15.0. The molecule has 0 N–H and O–H groups in total. The van der Waals surface area contributed by atoms with E-state index in [-0.39, 0.29) is 10.8 Å². The Hall–Kier alpha value is -0.943. The van der Waals surface area contributed by atoms with Crippen molar-refractivity contribution < 1.29 is 9.22 Å². The Morgan fingerprint density at radius 2 is 1.86 bits per heavy atom. The number of carbonyl (C=O) groups is 1. The van der Waals surface area contributed by atoms with Gasteiger partial charge in [0.1, 0.15) is 11.5 Å². The highest BCUT2D eigenvalue weighted by Gasteiger charge is 2.37. The number of aromatic nitrogens is 2. The fraction of sp³-hybridized carbons (Fsp3) is 0.765. The third-order valence-corrected chi connectivity index (χ3v) is 9.65. The van der Waals surface area contributed by atoms with E-state index in [4.69, 9.17) is 4.43 Å². The molecule has 5 heteroatoms. The van der Waals surface area contributed by atoms with E-state index in [0.29, 0.717) is 18.7 Å². The molecule has 1 aromatic rings. The summed E-state index contributed by atoms with van der Waals surface area (Å²) in [7, 11) is -1.80. The Bertz CT molecular complexity index is 556. The predicted octanol–water partition coefficient (Wildman–Crippen LogP) is 4.33. The van der Waals surface area contributed by atoms with Gasteiger partial charge in [-0.25, -0.2) is 4.98 Å². The molecule has 22 heavy (non-hydrogen) atoms. The fourth-order valence-electron chi connectivity index (χ4n) is 2.66. The standard InChI is InChI=1S/C17H30N2O2Si/c1-7-19-13-10-8-9-11-14(20)16(13)18-15(19)12-21-22(5,6)17(2,3)4/h7-12H2,1-6H3. The summed E-state index contributed by atoms with van der Waals surface area (Å²) < 4.78 is 8.51. The number of imidazole rings is 1. The first-order valence-corrected chi connectivity index (χ1v) is 11.3. The third kappa shape index (κ3) is 3.35. The molecule has 0 unspecified atom stereocenters. The molecule has 1 heterocycles. The zero-order valence-corrected chi connectivity index (χ0v) is 16.0. The summed E-state index contributed by atoms with van der Waals surface area (Å²) in [5.74, 6) is 1.13. The molecule has 4 nitrogen and oxygen atoms in total. The maximum absolute atomic E-state index is 12.2. The first-order chi connectivity index (χ1) is 10.2. The molecular formula is C17H30N2O2Si. The predicted molar refractivity (Wildman–Crippen MR) is 91.8 cm³/mol. The topological polar surface area (TPSA) is 44.1 Å². The van der Waals surface area contributed by atoms with Gasteiger partial charge in [-0.05, 0) is 44.3 Å². The number of hydrogen-bond acceptors (Lipinski definition) is 3. The number of rotatable bonds is 4. The normalized spacial score (nSPS) is 16.5. The van der Waals surface area contributed by atoms with Gasteiger partial charge >= 0.3 is 0 Å². The number of carbonyl (C=O) groups excluding carboxylic acids is 1. The maximum Gasteiger partial charge on any atom is 0.192 e. The summed E-state index contributed by atoms with van der Waals surface area (Å²) in [4.78, 5) is 16.9. The summed E-state index contributed by atoms with van der Waals surface area (Å²) in [5.41, 5.74) is 1.83. The van der Waals surface area contributed by atoms with Crippen LogP contribution in [0.15, 0.2) is 0 Å². The lowest BCUT2D eigenvalue weighted by Crippen LogP contribution is -2.40. The number of ketones is 1. The van der Waals surface area contributed by atoms with Gasteiger partial charge < -0.3 is 8.99 Å². The van der Waals surface area contributed by atoms with E-state index in [2.05, 4.69) is 50.3 Å². The Morgan fingerprint density at radius 3 is 2.45 bits per heavy atom. The fourth-order valence-corrected chi connectivity index (χ4v) is 3.58. The monoisotopic (exact) mass is 322 g/mol. The number of fused-ring (bicyclic) bond motifs is 1. The van der Waals surface area contributed by atoms with Crippen molar-refractivity contribution in [3.63, 3.8) is 0 Å². The van der Waals surface area contributed by atoms with E-state index in [9.17, 15) is 4.79 Å². The molecule has 0 spiro atoms. The molecule has 0 aliphatic heterocycles. The zero-order chi connectivity index (χ0) is 16.5. The molecule has 1 aromatic heterocycles. The highest BCUT2D eigenvalue weighted by molar-refractivity contribution is 6.74. The molecule has 0 atom stereocenters. The average molecular weight is 323 g/mol. The molecule has 0 amide bonds. The lowest BCUT2D eigenvalue weighted by atomic mass is 10.2. The minimum Gasteiger partial charge on any atom is -0.409 e. The molecular weight excluding hydrogens is 292 g/mol. The van der Waals surface area contributed by atoms with Gasteiger partial charge in [0.25, 0.3) is 0 Å². The number of hydrogen-bond donors (Lipinski definition) is 0. The molecule has 0 bridgehead atoms. The maximum atomic E-state index is 12.2. The summed E-state index contributed by atoms with van der Waals surface area (Å²) in [6.45, 7) is 14.7. The molecule has 1 aliphatic rings. The van der Waals surface area contributed by atoms with Crippen LogP contribution in [0.2, 0.25) is 18.1 Å². The van der Waals surface area contributed by atoms with Crippen LogP contribution in [0.3, 0.4) is 0 Å². The summed E-state index contributed by atoms with van der Waals surface area (Å²) >= 11 is 0. The first kappa shape index (κ1) is 17.4. The molecule has 0 saturated heterocycles. The van der Waals surface area contributed by atoms with Gasteiger partial charge in [0, 0.05) is 18.7 Å². The summed E-state index contributed by atoms with van der Waals surface area (Å²) in [5, 5.41) is 0.184. The van der Waals surface area contributed by atoms with Crippen LogP contribution in [0.25, 0.3) is 0 Å². The van der Waals surface area contributed by atoms with E-state index >= 15 is 0 Å². The van der Waals surface area contributed by atoms with Crippen LogP contribution in [0.5, 0.6) is 0 Å². The SMILES string of the molecule is CCn1c(CO[Si](C)(C)C(C)(C)C)nc2c1CCCCC2=O. The highest BCUT2D eigenvalue weighted by atomic mass is 28.4. The van der Waals surface area contributed by atoms with Crippen molar-refractivity contribution in [3.8, 4) is 0 Å². The van der Waals surface area contributed by atoms with Gasteiger partial charge in [-0.2, -0.15) is 0 Å². The van der Waals surface area contributed by atoms with Crippen molar-refractivity contribution in [1.82, 2.24) is 9.55 Å². The first-order valence-electron chi connectivity index (χ1n) is 8.43. The minimum absolute atomic E-state index is 0.184. The van der Waals surface area contributed by atoms with Crippen LogP contribution in [0.1, 0.15) is 69.0 Å². The van der Waals surface area contributed by atoms with Gasteiger partial charge in [-0.3, -0.25) is 4.79 Å². The second-order valence-electron chi connectivity index (χ2n) is 7.75. The van der Waals surface area contributed by atoms with E-state index in [1.165, 1.54) is 0 Å². The smallest absolute Gasteiger partial charge is 0.192 e. The van der Waals surface area contributed by atoms with Gasteiger partial charge in [0.2, 0.25) is 0 Å². The van der Waals surface area contributed by atoms with E-state index in [0.717, 1.165) is 37.3 Å². The lowest BCUT2D eigenvalue weighted by molar-refractivity contribution is 0.0977. The van der Waals surface area contributed by atoms with Gasteiger partial charge in [-0.1, -0.05) is 20.8 Å². The minimum atomic E-state index is -1.80. The Kier molecular flexibility index (Phi) is 4.97. The van der Waals surface area contributed by atoms with Crippen molar-refractivity contribution in [2.45, 2.75) is 84.7 Å². The Balaban J connectivity index is 2.26. The van der Waals surface area contributed by atoms with E-state index in [1.54, 1.807) is 0 Å². The second kappa shape index (κ2) is 6.28. The third-order valence-electron chi connectivity index (χ3n) is 5.17. The molecule has 0 saturated carbocycles. The van der Waals surface area contributed by atoms with Crippen molar-refractivity contribution in [2.24, 2.45) is 0 Å². The molecule has 2 rings (SSSR count). The quantitative estimate of drug-likeness (QED) is 0.612.